The number of nitrogens with one attached hydrogen (secondary N) is 1. The van der Waals surface area contributed by atoms with E-state index in [1.165, 1.54) is 5.56 Å². The Labute approximate surface area is 162 Å². The van der Waals surface area contributed by atoms with Crippen LogP contribution in [0.4, 0.5) is 0 Å². The third kappa shape index (κ3) is 5.65. The van der Waals surface area contributed by atoms with Crippen LogP contribution in [-0.2, 0) is 13.2 Å². The summed E-state index contributed by atoms with van der Waals surface area (Å²) in [5, 5.41) is 4.13. The fourth-order valence-electron chi connectivity index (χ4n) is 2.51. The average Bonchev–Trinajstić information content (AvgIpc) is 2.61. The topological polar surface area (TPSA) is 30.5 Å². The van der Waals surface area contributed by atoms with E-state index in [9.17, 15) is 0 Å². The number of halogens is 1. The lowest BCUT2D eigenvalue weighted by atomic mass is 10.0. The van der Waals surface area contributed by atoms with Gasteiger partial charge in [0.1, 0.15) is 6.61 Å². The van der Waals surface area contributed by atoms with Gasteiger partial charge in [0.25, 0.3) is 0 Å². The molecule has 26 heavy (non-hydrogen) atoms. The Morgan fingerprint density at radius 1 is 1.08 bits per heavy atom. The molecule has 0 saturated carbocycles. The van der Waals surface area contributed by atoms with Crippen LogP contribution >= 0.6 is 11.6 Å². The molecular formula is C22H30ClNO2. The Kier molecular flexibility index (Phi) is 7.36. The van der Waals surface area contributed by atoms with Gasteiger partial charge in [0.15, 0.2) is 11.5 Å². The van der Waals surface area contributed by atoms with Gasteiger partial charge in [-0.1, -0.05) is 42.8 Å². The number of aryl methyl sites for hydroxylation is 1. The van der Waals surface area contributed by atoms with E-state index in [-0.39, 0.29) is 5.54 Å². The van der Waals surface area contributed by atoms with Crippen LogP contribution in [0.15, 0.2) is 36.4 Å². The molecule has 2 aromatic rings. The number of hydrogen-bond acceptors (Lipinski definition) is 3. The molecule has 142 valence electrons. The lowest BCUT2D eigenvalue weighted by Gasteiger charge is -2.25. The number of benzene rings is 2. The minimum Gasteiger partial charge on any atom is -0.490 e. The first-order valence-electron chi connectivity index (χ1n) is 9.24. The van der Waals surface area contributed by atoms with Crippen LogP contribution < -0.4 is 14.8 Å². The van der Waals surface area contributed by atoms with Crippen molar-refractivity contribution >= 4 is 11.6 Å². The van der Waals surface area contributed by atoms with Gasteiger partial charge < -0.3 is 14.8 Å². The van der Waals surface area contributed by atoms with Gasteiger partial charge in [0.2, 0.25) is 0 Å². The van der Waals surface area contributed by atoms with Crippen molar-refractivity contribution in [1.82, 2.24) is 5.32 Å². The average molecular weight is 376 g/mol. The van der Waals surface area contributed by atoms with Crippen molar-refractivity contribution in [1.29, 1.82) is 0 Å². The molecule has 0 aliphatic heterocycles. The van der Waals surface area contributed by atoms with Crippen LogP contribution in [0.3, 0.4) is 0 Å². The summed E-state index contributed by atoms with van der Waals surface area (Å²) in [6.07, 6.45) is 1.05. The van der Waals surface area contributed by atoms with Crippen molar-refractivity contribution in [3.63, 3.8) is 0 Å². The zero-order valence-electron chi connectivity index (χ0n) is 16.5. The zero-order valence-corrected chi connectivity index (χ0v) is 17.2. The summed E-state index contributed by atoms with van der Waals surface area (Å²) in [6.45, 7) is 12.4. The first kappa shape index (κ1) is 20.6. The molecule has 0 radical (unpaired) electrons. The lowest BCUT2D eigenvalue weighted by Crippen LogP contribution is -2.37. The van der Waals surface area contributed by atoms with Crippen molar-refractivity contribution < 1.29 is 9.47 Å². The Balaban J connectivity index is 2.19. The summed E-state index contributed by atoms with van der Waals surface area (Å²) in [7, 11) is 0. The van der Waals surface area contributed by atoms with Crippen molar-refractivity contribution in [2.24, 2.45) is 0 Å². The normalized spacial score (nSPS) is 11.5. The monoisotopic (exact) mass is 375 g/mol. The maximum Gasteiger partial charge on any atom is 0.180 e. The molecule has 4 heteroatoms. The third-order valence-corrected chi connectivity index (χ3v) is 4.94. The van der Waals surface area contributed by atoms with Gasteiger partial charge in [-0.15, -0.1) is 0 Å². The van der Waals surface area contributed by atoms with Gasteiger partial charge >= 0.3 is 0 Å². The molecule has 0 bridgehead atoms. The summed E-state index contributed by atoms with van der Waals surface area (Å²) in [5.41, 5.74) is 3.51. The molecule has 0 fully saturated rings. The molecular weight excluding hydrogens is 346 g/mol. The summed E-state index contributed by atoms with van der Waals surface area (Å²) in [4.78, 5) is 0. The van der Waals surface area contributed by atoms with Gasteiger partial charge in [-0.05, 0) is 62.9 Å². The van der Waals surface area contributed by atoms with Gasteiger partial charge in [0.05, 0.1) is 11.6 Å². The summed E-state index contributed by atoms with van der Waals surface area (Å²) in [6, 6.07) is 12.2. The first-order chi connectivity index (χ1) is 12.4. The van der Waals surface area contributed by atoms with E-state index in [1.807, 2.05) is 31.2 Å². The van der Waals surface area contributed by atoms with Crippen molar-refractivity contribution in [2.75, 3.05) is 6.61 Å². The predicted octanol–water partition coefficient (Wildman–Crippen LogP) is 5.90. The van der Waals surface area contributed by atoms with Gasteiger partial charge in [-0.2, -0.15) is 0 Å². The van der Waals surface area contributed by atoms with E-state index < -0.39 is 0 Å². The highest BCUT2D eigenvalue weighted by Crippen LogP contribution is 2.37. The number of rotatable bonds is 9. The van der Waals surface area contributed by atoms with Crippen LogP contribution in [0.1, 0.15) is 50.8 Å². The second-order valence-corrected chi connectivity index (χ2v) is 7.55. The van der Waals surface area contributed by atoms with Crippen molar-refractivity contribution in [3.8, 4) is 11.5 Å². The predicted molar refractivity (Wildman–Crippen MR) is 109 cm³/mol. The summed E-state index contributed by atoms with van der Waals surface area (Å²) in [5.74, 6) is 1.30. The fourth-order valence-corrected chi connectivity index (χ4v) is 2.80. The van der Waals surface area contributed by atoms with E-state index in [1.54, 1.807) is 0 Å². The van der Waals surface area contributed by atoms with E-state index in [0.717, 1.165) is 24.1 Å². The van der Waals surface area contributed by atoms with Crippen LogP contribution in [0.25, 0.3) is 0 Å². The molecule has 2 aromatic carbocycles. The first-order valence-corrected chi connectivity index (χ1v) is 9.61. The van der Waals surface area contributed by atoms with Crippen molar-refractivity contribution in [2.45, 2.75) is 59.7 Å². The highest BCUT2D eigenvalue weighted by atomic mass is 35.5. The minimum absolute atomic E-state index is 0.0816. The molecule has 0 spiro atoms. The molecule has 3 nitrogen and oxygen atoms in total. The lowest BCUT2D eigenvalue weighted by molar-refractivity contribution is 0.268. The molecule has 2 rings (SSSR count). The quantitative estimate of drug-likeness (QED) is 0.591. The molecule has 0 amide bonds. The summed E-state index contributed by atoms with van der Waals surface area (Å²) < 4.78 is 11.8. The third-order valence-electron chi connectivity index (χ3n) is 4.66. The van der Waals surface area contributed by atoms with Gasteiger partial charge in [-0.25, -0.2) is 0 Å². The standard InChI is InChI=1S/C22H30ClNO2/c1-6-22(4,5)24-14-17-12-19(23)21(20(13-17)25-7-2)26-15-18-11-9-8-10-16(18)3/h8-13,24H,6-7,14-15H2,1-5H3. The van der Waals surface area contributed by atoms with Crippen molar-refractivity contribution in [3.05, 3.63) is 58.1 Å². The maximum absolute atomic E-state index is 6.53. The zero-order chi connectivity index (χ0) is 19.2. The molecule has 0 aromatic heterocycles. The van der Waals surface area contributed by atoms with E-state index in [4.69, 9.17) is 21.1 Å². The minimum atomic E-state index is 0.0816. The SMILES string of the molecule is CCOc1cc(CNC(C)(C)CC)cc(Cl)c1OCc1ccccc1C. The number of hydrogen-bond donors (Lipinski definition) is 1. The highest BCUT2D eigenvalue weighted by Gasteiger charge is 2.17. The van der Waals surface area contributed by atoms with Crippen LogP contribution in [0.2, 0.25) is 5.02 Å². The molecule has 1 N–H and O–H groups in total. The van der Waals surface area contributed by atoms with E-state index >= 15 is 0 Å². The Morgan fingerprint density at radius 2 is 1.81 bits per heavy atom. The smallest absolute Gasteiger partial charge is 0.180 e. The maximum atomic E-state index is 6.53. The van der Waals surface area contributed by atoms with Crippen LogP contribution in [0.5, 0.6) is 11.5 Å². The largest absolute Gasteiger partial charge is 0.490 e. The fraction of sp³-hybridized carbons (Fsp3) is 0.455. The molecule has 0 unspecified atom stereocenters. The van der Waals surface area contributed by atoms with Gasteiger partial charge in [0, 0.05) is 12.1 Å². The summed E-state index contributed by atoms with van der Waals surface area (Å²) >= 11 is 6.53. The molecule has 0 atom stereocenters. The molecule has 0 aliphatic carbocycles. The Morgan fingerprint density at radius 3 is 2.46 bits per heavy atom. The molecule has 0 heterocycles. The van der Waals surface area contributed by atoms with Crippen LogP contribution in [-0.4, -0.2) is 12.1 Å². The van der Waals surface area contributed by atoms with Crippen LogP contribution in [0, 0.1) is 6.92 Å². The molecule has 0 saturated heterocycles. The highest BCUT2D eigenvalue weighted by molar-refractivity contribution is 6.32. The Hall–Kier alpha value is -1.71. The second kappa shape index (κ2) is 9.29. The molecule has 0 aliphatic rings. The number of ether oxygens (including phenoxy) is 2. The van der Waals surface area contributed by atoms with E-state index in [2.05, 4.69) is 45.1 Å². The van der Waals surface area contributed by atoms with Gasteiger partial charge in [-0.3, -0.25) is 0 Å². The Bertz CT molecular complexity index is 728. The second-order valence-electron chi connectivity index (χ2n) is 7.14. The van der Waals surface area contributed by atoms with E-state index in [0.29, 0.717) is 29.7 Å².